The summed E-state index contributed by atoms with van der Waals surface area (Å²) >= 11 is 0. The average Bonchev–Trinajstić information content (AvgIpc) is 3.16. The zero-order valence-electron chi connectivity index (χ0n) is 28.1. The molecule has 17 heteroatoms. The predicted molar refractivity (Wildman–Crippen MR) is 214 cm³/mol. The number of benzene rings is 6. The van der Waals surface area contributed by atoms with Crippen molar-refractivity contribution in [1.82, 2.24) is 9.46 Å². The van der Waals surface area contributed by atoms with E-state index in [2.05, 4.69) is 4.86 Å². The quantitative estimate of drug-likeness (QED) is 0.0508. The number of para-hydroxylation sites is 1. The van der Waals surface area contributed by atoms with Crippen LogP contribution in [0.1, 0.15) is 0 Å². The zero-order valence-corrected chi connectivity index (χ0v) is 30.8. The second-order valence-electron chi connectivity index (χ2n) is 11.6. The Morgan fingerprint density at radius 3 is 1.15 bits per heavy atom. The van der Waals surface area contributed by atoms with Crippen molar-refractivity contribution in [2.24, 2.45) is 4.52 Å². The first kappa shape index (κ1) is 35.5. The Bertz CT molecular complexity index is 2050. The van der Waals surface area contributed by atoms with Gasteiger partial charge in [0.2, 0.25) is 0 Å². The Kier molecular flexibility index (Phi) is 9.81. The van der Waals surface area contributed by atoms with Crippen LogP contribution in [0.2, 0.25) is 0 Å². The van der Waals surface area contributed by atoms with Gasteiger partial charge in [-0.1, -0.05) is 0 Å². The van der Waals surface area contributed by atoms with E-state index in [1.807, 2.05) is 18.2 Å². The van der Waals surface area contributed by atoms with E-state index in [1.54, 1.807) is 133 Å². The molecule has 272 valence electrons. The van der Waals surface area contributed by atoms with Crippen molar-refractivity contribution >= 4 is 52.6 Å². The van der Waals surface area contributed by atoms with Crippen molar-refractivity contribution in [3.63, 3.8) is 0 Å². The standard InChI is InChI=1S/C36H37N8O6P3/c37-26-6-16-32(17-7-26)46-52(47-33-18-8-27(38)9-19-33)42-51-43-53(48-34-20-10-28(39)11-21-34,49-35-22-12-29(40)13-23-35,50-36-24-14-30(41)15-25-36)44(52)45-31-4-2-1-3-5-31/h1-25,43,51H,37-41H2. The van der Waals surface area contributed by atoms with Crippen molar-refractivity contribution in [2.75, 3.05) is 28.7 Å². The van der Waals surface area contributed by atoms with E-state index in [1.165, 1.54) is 4.60 Å². The van der Waals surface area contributed by atoms with Gasteiger partial charge in [0.15, 0.2) is 0 Å². The van der Waals surface area contributed by atoms with Crippen LogP contribution in [0, 0.1) is 0 Å². The molecule has 1 heterocycles. The number of rotatable bonds is 12. The summed E-state index contributed by atoms with van der Waals surface area (Å²) < 4.78 is 41.6. The van der Waals surface area contributed by atoms with Gasteiger partial charge >= 0.3 is 309 Å². The summed E-state index contributed by atoms with van der Waals surface area (Å²) in [6.07, 6.45) is 0. The van der Waals surface area contributed by atoms with Crippen molar-refractivity contribution in [3.05, 3.63) is 152 Å². The molecule has 0 bridgehead atoms. The van der Waals surface area contributed by atoms with Crippen LogP contribution in [0.3, 0.4) is 0 Å². The summed E-state index contributed by atoms with van der Waals surface area (Å²) in [6, 6.07) is 42.8. The van der Waals surface area contributed by atoms with Gasteiger partial charge in [0.1, 0.15) is 0 Å². The van der Waals surface area contributed by atoms with Crippen LogP contribution in [0.15, 0.2) is 156 Å². The number of hydrogen-bond acceptors (Lipinski definition) is 14. The maximum absolute atomic E-state index is 7.14. The third-order valence-electron chi connectivity index (χ3n) is 7.50. The summed E-state index contributed by atoms with van der Waals surface area (Å²) in [5.74, 6) is 1.93. The SMILES string of the molecule is Nc1ccc(OP2(Oc3ccc(N)cc3)=NPNP(Oc3ccc(N)cc3)(Oc3ccc(N)cc3)(Oc3ccc(N)cc3)N2Oc2ccccc2)cc1. The Morgan fingerprint density at radius 2 is 0.792 bits per heavy atom. The van der Waals surface area contributed by atoms with Gasteiger partial charge in [-0.2, -0.15) is 0 Å². The summed E-state index contributed by atoms with van der Waals surface area (Å²) in [7, 11) is -9.99. The molecule has 14 nitrogen and oxygen atoms in total. The average molecular weight is 771 g/mol. The number of nitrogens with two attached hydrogens (primary N) is 5. The summed E-state index contributed by atoms with van der Waals surface area (Å²) in [5.41, 5.74) is 33.1. The van der Waals surface area contributed by atoms with Crippen molar-refractivity contribution < 1.29 is 27.5 Å². The molecule has 0 aliphatic carbocycles. The Balaban J connectivity index is 1.55. The molecule has 0 spiro atoms. The van der Waals surface area contributed by atoms with Crippen molar-refractivity contribution in [2.45, 2.75) is 0 Å². The number of anilines is 5. The number of nitrogens with one attached hydrogen (secondary N) is 1. The van der Waals surface area contributed by atoms with Gasteiger partial charge in [-0.3, -0.25) is 0 Å². The van der Waals surface area contributed by atoms with Crippen molar-refractivity contribution in [1.29, 1.82) is 0 Å². The molecule has 7 rings (SSSR count). The van der Waals surface area contributed by atoms with Gasteiger partial charge < -0.3 is 0 Å². The molecule has 0 saturated heterocycles. The van der Waals surface area contributed by atoms with E-state index in [0.29, 0.717) is 62.9 Å². The predicted octanol–water partition coefficient (Wildman–Crippen LogP) is 8.77. The molecule has 11 N–H and O–H groups in total. The van der Waals surface area contributed by atoms with Crippen LogP contribution in [0.25, 0.3) is 0 Å². The fraction of sp³-hybridized carbons (Fsp3) is 0. The first-order valence-electron chi connectivity index (χ1n) is 16.1. The number of nitrogen functional groups attached to an aromatic ring is 5. The second kappa shape index (κ2) is 14.6. The van der Waals surface area contributed by atoms with E-state index in [0.717, 1.165) is 0 Å². The van der Waals surface area contributed by atoms with Crippen molar-refractivity contribution in [3.8, 4) is 34.5 Å². The third kappa shape index (κ3) is 7.83. The number of nitrogens with zero attached hydrogens (tertiary/aromatic N) is 2. The van der Waals surface area contributed by atoms with Gasteiger partial charge in [0.25, 0.3) is 0 Å². The van der Waals surface area contributed by atoms with Gasteiger partial charge in [-0.15, -0.1) is 0 Å². The number of hydrogen-bond donors (Lipinski definition) is 6. The molecular weight excluding hydrogens is 733 g/mol. The van der Waals surface area contributed by atoms with Crippen LogP contribution in [0.5, 0.6) is 34.5 Å². The van der Waals surface area contributed by atoms with E-state index in [4.69, 9.17) is 60.6 Å². The first-order chi connectivity index (χ1) is 25.6. The van der Waals surface area contributed by atoms with Crippen LogP contribution in [-0.4, -0.2) is 4.60 Å². The molecule has 0 aromatic heterocycles. The van der Waals surface area contributed by atoms with Gasteiger partial charge in [-0.25, -0.2) is 0 Å². The molecule has 0 radical (unpaired) electrons. The Labute approximate surface area is 308 Å². The molecule has 6 aromatic rings. The second-order valence-corrected chi connectivity index (χ2v) is 18.2. The van der Waals surface area contributed by atoms with E-state index in [-0.39, 0.29) is 0 Å². The fourth-order valence-electron chi connectivity index (χ4n) is 4.98. The maximum atomic E-state index is 7.14. The van der Waals surface area contributed by atoms with Gasteiger partial charge in [0.05, 0.1) is 0 Å². The fourth-order valence-corrected chi connectivity index (χ4v) is 14.3. The molecular formula is C36H37N8O6P3. The minimum atomic E-state index is -5.42. The van der Waals surface area contributed by atoms with Crippen LogP contribution in [-0.2, 0) is 0 Å². The van der Waals surface area contributed by atoms with Gasteiger partial charge in [-0.05, 0) is 0 Å². The summed E-state index contributed by atoms with van der Waals surface area (Å²) in [6.45, 7) is 0. The molecule has 1 atom stereocenters. The molecule has 0 amide bonds. The molecule has 1 unspecified atom stereocenters. The molecule has 6 aromatic carbocycles. The third-order valence-corrected chi connectivity index (χ3v) is 16.1. The van der Waals surface area contributed by atoms with Crippen LogP contribution >= 0.6 is 24.1 Å². The Morgan fingerprint density at radius 1 is 0.453 bits per heavy atom. The normalized spacial score (nSPS) is 16.9. The van der Waals surface area contributed by atoms with E-state index in [9.17, 15) is 0 Å². The monoisotopic (exact) mass is 770 g/mol. The molecule has 0 fully saturated rings. The molecule has 0 saturated carbocycles. The summed E-state index contributed by atoms with van der Waals surface area (Å²) in [5, 5.41) is 0. The van der Waals surface area contributed by atoms with Crippen LogP contribution < -0.4 is 61.0 Å². The molecule has 53 heavy (non-hydrogen) atoms. The first-order valence-corrected chi connectivity index (χ1v) is 20.5. The van der Waals surface area contributed by atoms with E-state index >= 15 is 0 Å². The minimum absolute atomic E-state index is 0.293. The topological polar surface area (TPSA) is 213 Å². The van der Waals surface area contributed by atoms with Crippen LogP contribution in [0.4, 0.5) is 28.4 Å². The zero-order chi connectivity index (χ0) is 36.9. The summed E-state index contributed by atoms with van der Waals surface area (Å²) in [4.78, 5) is 10.3. The van der Waals surface area contributed by atoms with Gasteiger partial charge in [0, 0.05) is 0 Å². The Hall–Kier alpha value is -5.87. The molecule has 1 aliphatic heterocycles. The molecule has 1 aliphatic rings. The van der Waals surface area contributed by atoms with E-state index < -0.39 is 24.1 Å².